The number of benzene rings is 2. The zero-order valence-electron chi connectivity index (χ0n) is 13.4. The van der Waals surface area contributed by atoms with Crippen LogP contribution in [0.4, 0.5) is 0 Å². The van der Waals surface area contributed by atoms with Gasteiger partial charge in [-0.25, -0.2) is 0 Å². The lowest BCUT2D eigenvalue weighted by Crippen LogP contribution is -2.35. The maximum Gasteiger partial charge on any atom is 0.123 e. The van der Waals surface area contributed by atoms with Crippen molar-refractivity contribution in [3.05, 3.63) is 42.0 Å². The third kappa shape index (κ3) is 3.26. The van der Waals surface area contributed by atoms with E-state index in [0.29, 0.717) is 0 Å². The zero-order valence-corrected chi connectivity index (χ0v) is 13.4. The Morgan fingerprint density at radius 1 is 1.23 bits per heavy atom. The number of fused-ring (bicyclic) bond motifs is 1. The van der Waals surface area contributed by atoms with Crippen molar-refractivity contribution in [1.29, 1.82) is 0 Å². The molecule has 3 heteroatoms. The van der Waals surface area contributed by atoms with Crippen LogP contribution < -0.4 is 10.5 Å². The molecule has 0 bridgehead atoms. The van der Waals surface area contributed by atoms with Crippen molar-refractivity contribution in [1.82, 2.24) is 4.90 Å². The Balaban J connectivity index is 1.86. The average molecular weight is 298 g/mol. The summed E-state index contributed by atoms with van der Waals surface area (Å²) < 4.78 is 5.62. The average Bonchev–Trinajstić information content (AvgIpc) is 2.56. The molecule has 0 aliphatic carbocycles. The van der Waals surface area contributed by atoms with Crippen LogP contribution in [0, 0.1) is 5.92 Å². The summed E-state index contributed by atoms with van der Waals surface area (Å²) in [5.74, 6) is 1.75. The molecule has 0 saturated carbocycles. The molecule has 2 aromatic carbocycles. The van der Waals surface area contributed by atoms with Gasteiger partial charge in [0.2, 0.25) is 0 Å². The summed E-state index contributed by atoms with van der Waals surface area (Å²) >= 11 is 0. The van der Waals surface area contributed by atoms with Gasteiger partial charge in [0.1, 0.15) is 5.75 Å². The predicted molar refractivity (Wildman–Crippen MR) is 92.2 cm³/mol. The quantitative estimate of drug-likeness (QED) is 0.919. The molecule has 1 saturated heterocycles. The zero-order chi connectivity index (χ0) is 15.4. The molecule has 118 valence electrons. The molecule has 1 atom stereocenters. The van der Waals surface area contributed by atoms with Gasteiger partial charge in [-0.3, -0.25) is 4.90 Å². The summed E-state index contributed by atoms with van der Waals surface area (Å²) in [4.78, 5) is 2.56. The van der Waals surface area contributed by atoms with E-state index in [1.165, 1.54) is 35.7 Å². The van der Waals surface area contributed by atoms with E-state index in [9.17, 15) is 0 Å². The van der Waals surface area contributed by atoms with Gasteiger partial charge < -0.3 is 10.5 Å². The third-order valence-corrected chi connectivity index (χ3v) is 4.78. The van der Waals surface area contributed by atoms with Crippen molar-refractivity contribution in [3.63, 3.8) is 0 Å². The molecule has 1 aliphatic heterocycles. The number of nitrogens with zero attached hydrogens (tertiary/aromatic N) is 1. The van der Waals surface area contributed by atoms with Gasteiger partial charge in [0, 0.05) is 18.7 Å². The van der Waals surface area contributed by atoms with E-state index in [1.54, 1.807) is 7.11 Å². The van der Waals surface area contributed by atoms with Crippen LogP contribution in [0.15, 0.2) is 36.4 Å². The number of methoxy groups -OCH3 is 1. The van der Waals surface area contributed by atoms with Crippen LogP contribution in [0.1, 0.15) is 24.8 Å². The molecule has 2 N–H and O–H groups in total. The lowest BCUT2D eigenvalue weighted by Gasteiger charge is -2.33. The van der Waals surface area contributed by atoms with Crippen LogP contribution in [0.3, 0.4) is 0 Å². The van der Waals surface area contributed by atoms with E-state index >= 15 is 0 Å². The first-order chi connectivity index (χ1) is 10.8. The van der Waals surface area contributed by atoms with Gasteiger partial charge in [-0.05, 0) is 55.1 Å². The standard InChI is InChI=1S/C19H26N2O/c1-22-19-9-8-16-6-2-3-7-17(16)18(19)14-21-12-4-5-15(13-21)10-11-20/h2-3,6-9,15H,4-5,10-14,20H2,1H3. The first kappa shape index (κ1) is 15.3. The topological polar surface area (TPSA) is 38.5 Å². The molecule has 0 radical (unpaired) electrons. The minimum Gasteiger partial charge on any atom is -0.496 e. The molecule has 0 amide bonds. The SMILES string of the molecule is COc1ccc2ccccc2c1CN1CCCC(CCN)C1. The summed E-state index contributed by atoms with van der Waals surface area (Å²) in [6, 6.07) is 12.8. The van der Waals surface area contributed by atoms with Crippen LogP contribution in [-0.4, -0.2) is 31.6 Å². The second kappa shape index (κ2) is 7.12. The van der Waals surface area contributed by atoms with Crippen molar-refractivity contribution in [2.75, 3.05) is 26.7 Å². The number of likely N-dealkylation sites (tertiary alicyclic amines) is 1. The van der Waals surface area contributed by atoms with E-state index in [1.807, 2.05) is 0 Å². The Morgan fingerprint density at radius 3 is 2.91 bits per heavy atom. The molecule has 1 unspecified atom stereocenters. The first-order valence-corrected chi connectivity index (χ1v) is 8.29. The van der Waals surface area contributed by atoms with Gasteiger partial charge in [0.15, 0.2) is 0 Å². The van der Waals surface area contributed by atoms with E-state index in [-0.39, 0.29) is 0 Å². The maximum atomic E-state index is 5.74. The molecule has 22 heavy (non-hydrogen) atoms. The van der Waals surface area contributed by atoms with E-state index < -0.39 is 0 Å². The maximum absolute atomic E-state index is 5.74. The van der Waals surface area contributed by atoms with Gasteiger partial charge in [0.25, 0.3) is 0 Å². The molecule has 1 fully saturated rings. The highest BCUT2D eigenvalue weighted by molar-refractivity contribution is 5.87. The monoisotopic (exact) mass is 298 g/mol. The van der Waals surface area contributed by atoms with E-state index in [2.05, 4.69) is 41.3 Å². The molecule has 3 rings (SSSR count). The van der Waals surface area contributed by atoms with Gasteiger partial charge in [-0.15, -0.1) is 0 Å². The van der Waals surface area contributed by atoms with Gasteiger partial charge in [0.05, 0.1) is 7.11 Å². The lowest BCUT2D eigenvalue weighted by atomic mass is 9.94. The molecule has 1 aliphatic rings. The molecule has 1 heterocycles. The molecular formula is C19H26N2O. The van der Waals surface area contributed by atoms with Gasteiger partial charge >= 0.3 is 0 Å². The van der Waals surface area contributed by atoms with E-state index in [4.69, 9.17) is 10.5 Å². The normalized spacial score (nSPS) is 19.5. The minimum absolute atomic E-state index is 0.750. The van der Waals surface area contributed by atoms with Gasteiger partial charge in [-0.2, -0.15) is 0 Å². The Bertz CT molecular complexity index is 624. The molecular weight excluding hydrogens is 272 g/mol. The Hall–Kier alpha value is -1.58. The van der Waals surface area contributed by atoms with Crippen molar-refractivity contribution in [2.24, 2.45) is 11.7 Å². The molecule has 0 aromatic heterocycles. The van der Waals surface area contributed by atoms with Crippen LogP contribution in [-0.2, 0) is 6.54 Å². The second-order valence-corrected chi connectivity index (χ2v) is 6.29. The smallest absolute Gasteiger partial charge is 0.123 e. The summed E-state index contributed by atoms with van der Waals surface area (Å²) in [5.41, 5.74) is 7.05. The number of hydrogen-bond acceptors (Lipinski definition) is 3. The number of hydrogen-bond donors (Lipinski definition) is 1. The van der Waals surface area contributed by atoms with E-state index in [0.717, 1.165) is 37.7 Å². The number of piperidine rings is 1. The van der Waals surface area contributed by atoms with Crippen LogP contribution in [0.2, 0.25) is 0 Å². The van der Waals surface area contributed by atoms with Crippen molar-refractivity contribution in [3.8, 4) is 5.75 Å². The number of nitrogens with two attached hydrogens (primary N) is 1. The lowest BCUT2D eigenvalue weighted by molar-refractivity contribution is 0.162. The molecule has 3 nitrogen and oxygen atoms in total. The number of rotatable bonds is 5. The van der Waals surface area contributed by atoms with Crippen LogP contribution in [0.25, 0.3) is 10.8 Å². The Labute approximate surface area is 133 Å². The van der Waals surface area contributed by atoms with Crippen LogP contribution in [0.5, 0.6) is 5.75 Å². The first-order valence-electron chi connectivity index (χ1n) is 8.29. The minimum atomic E-state index is 0.750. The highest BCUT2D eigenvalue weighted by Gasteiger charge is 2.21. The summed E-state index contributed by atoms with van der Waals surface area (Å²) in [5, 5.41) is 2.59. The molecule has 0 spiro atoms. The van der Waals surface area contributed by atoms with Gasteiger partial charge in [-0.1, -0.05) is 30.3 Å². The highest BCUT2D eigenvalue weighted by atomic mass is 16.5. The summed E-state index contributed by atoms with van der Waals surface area (Å²) in [7, 11) is 1.76. The summed E-state index contributed by atoms with van der Waals surface area (Å²) in [6.45, 7) is 4.10. The van der Waals surface area contributed by atoms with Crippen molar-refractivity contribution >= 4 is 10.8 Å². The predicted octanol–water partition coefficient (Wildman–Crippen LogP) is 3.41. The largest absolute Gasteiger partial charge is 0.496 e. The fourth-order valence-corrected chi connectivity index (χ4v) is 3.66. The Kier molecular flexibility index (Phi) is 4.96. The van der Waals surface area contributed by atoms with Crippen molar-refractivity contribution in [2.45, 2.75) is 25.8 Å². The molecule has 2 aromatic rings. The fraction of sp³-hybridized carbons (Fsp3) is 0.474. The Morgan fingerprint density at radius 2 is 2.09 bits per heavy atom. The number of ether oxygens (including phenoxy) is 1. The second-order valence-electron chi connectivity index (χ2n) is 6.29. The third-order valence-electron chi connectivity index (χ3n) is 4.78. The van der Waals surface area contributed by atoms with Crippen LogP contribution >= 0.6 is 0 Å². The van der Waals surface area contributed by atoms with Crippen molar-refractivity contribution < 1.29 is 4.74 Å². The highest BCUT2D eigenvalue weighted by Crippen LogP contribution is 2.30. The summed E-state index contributed by atoms with van der Waals surface area (Å²) in [6.07, 6.45) is 3.74. The fourth-order valence-electron chi connectivity index (χ4n) is 3.66.